The highest BCUT2D eigenvalue weighted by molar-refractivity contribution is 5.93. The molecule has 1 saturated heterocycles. The predicted octanol–water partition coefficient (Wildman–Crippen LogP) is 3.75. The maximum Gasteiger partial charge on any atom is 0.276 e. The number of aromatic nitrogens is 3. The maximum absolute atomic E-state index is 13.2. The van der Waals surface area contributed by atoms with E-state index in [1.807, 2.05) is 16.5 Å². The largest absolute Gasteiger partial charge is 0.334 e. The highest BCUT2D eigenvalue weighted by Gasteiger charge is 2.27. The SMILES string of the molecule is CCCCCN(C(=O)c1nnn(C2CCNCC2)c1C)C(C)CCC.Cl. The van der Waals surface area contributed by atoms with Crippen LogP contribution in [0.5, 0.6) is 0 Å². The molecule has 1 N–H and O–H groups in total. The Morgan fingerprint density at radius 2 is 1.96 bits per heavy atom. The molecule has 0 aromatic carbocycles. The Labute approximate surface area is 164 Å². The van der Waals surface area contributed by atoms with Gasteiger partial charge < -0.3 is 10.2 Å². The standard InChI is InChI=1S/C19H35N5O.ClH/c1-5-7-8-14-23(15(3)9-6-2)19(25)18-16(4)24(22-21-18)17-10-12-20-13-11-17;/h15,17,20H,5-14H2,1-4H3;1H. The Hall–Kier alpha value is -1.14. The predicted molar refractivity (Wildman–Crippen MR) is 108 cm³/mol. The van der Waals surface area contributed by atoms with Crippen LogP contribution >= 0.6 is 12.4 Å². The molecule has 0 bridgehead atoms. The molecule has 0 aliphatic carbocycles. The van der Waals surface area contributed by atoms with Crippen molar-refractivity contribution in [3.05, 3.63) is 11.4 Å². The monoisotopic (exact) mass is 385 g/mol. The maximum atomic E-state index is 13.2. The molecule has 6 nitrogen and oxygen atoms in total. The number of hydrogen-bond donors (Lipinski definition) is 1. The van der Waals surface area contributed by atoms with Crippen LogP contribution in [0.2, 0.25) is 0 Å². The summed E-state index contributed by atoms with van der Waals surface area (Å²) < 4.78 is 1.97. The van der Waals surface area contributed by atoms with Gasteiger partial charge in [-0.1, -0.05) is 38.3 Å². The molecule has 0 saturated carbocycles. The van der Waals surface area contributed by atoms with Crippen LogP contribution in [-0.4, -0.2) is 51.5 Å². The third-order valence-corrected chi connectivity index (χ3v) is 5.29. The molecule has 1 amide bonds. The summed E-state index contributed by atoms with van der Waals surface area (Å²) in [5, 5.41) is 12.0. The molecule has 1 aliphatic rings. The molecular formula is C19H36ClN5O. The Kier molecular flexibility index (Phi) is 10.2. The second-order valence-corrected chi connectivity index (χ2v) is 7.29. The minimum absolute atomic E-state index is 0. The molecule has 2 heterocycles. The summed E-state index contributed by atoms with van der Waals surface area (Å²) in [6.07, 6.45) is 7.57. The van der Waals surface area contributed by atoms with Gasteiger partial charge in [-0.15, -0.1) is 17.5 Å². The van der Waals surface area contributed by atoms with Crippen molar-refractivity contribution in [3.8, 4) is 0 Å². The summed E-state index contributed by atoms with van der Waals surface area (Å²) in [4.78, 5) is 15.2. The van der Waals surface area contributed by atoms with Crippen LogP contribution in [0.3, 0.4) is 0 Å². The van der Waals surface area contributed by atoms with Crippen LogP contribution in [0.15, 0.2) is 0 Å². The number of nitrogens with one attached hydrogen (secondary N) is 1. The van der Waals surface area contributed by atoms with Crippen LogP contribution in [0.1, 0.15) is 87.9 Å². The van der Waals surface area contributed by atoms with E-state index >= 15 is 0 Å². The van der Waals surface area contributed by atoms with E-state index in [9.17, 15) is 4.79 Å². The molecule has 2 rings (SSSR count). The van der Waals surface area contributed by atoms with Crippen LogP contribution in [-0.2, 0) is 0 Å². The second-order valence-electron chi connectivity index (χ2n) is 7.29. The van der Waals surface area contributed by atoms with Crippen molar-refractivity contribution in [2.75, 3.05) is 19.6 Å². The summed E-state index contributed by atoms with van der Waals surface area (Å²) in [6, 6.07) is 0.606. The summed E-state index contributed by atoms with van der Waals surface area (Å²) >= 11 is 0. The fraction of sp³-hybridized carbons (Fsp3) is 0.842. The fourth-order valence-corrected chi connectivity index (χ4v) is 3.70. The molecular weight excluding hydrogens is 350 g/mol. The highest BCUT2D eigenvalue weighted by Crippen LogP contribution is 2.22. The number of carbonyl (C=O) groups excluding carboxylic acids is 1. The van der Waals surface area contributed by atoms with Crippen molar-refractivity contribution in [2.45, 2.75) is 84.7 Å². The number of rotatable bonds is 9. The average molecular weight is 386 g/mol. The minimum atomic E-state index is 0. The molecule has 26 heavy (non-hydrogen) atoms. The van der Waals surface area contributed by atoms with Gasteiger partial charge in [0.05, 0.1) is 11.7 Å². The second kappa shape index (κ2) is 11.5. The van der Waals surface area contributed by atoms with Gasteiger partial charge in [-0.3, -0.25) is 4.79 Å². The highest BCUT2D eigenvalue weighted by atomic mass is 35.5. The van der Waals surface area contributed by atoms with E-state index in [-0.39, 0.29) is 24.4 Å². The lowest BCUT2D eigenvalue weighted by atomic mass is 10.1. The molecule has 1 unspecified atom stereocenters. The molecule has 1 fully saturated rings. The first-order chi connectivity index (χ1) is 12.1. The summed E-state index contributed by atoms with van der Waals surface area (Å²) in [5.74, 6) is 0.0507. The fourth-order valence-electron chi connectivity index (χ4n) is 3.70. The number of unbranched alkanes of at least 4 members (excludes halogenated alkanes) is 2. The molecule has 1 atom stereocenters. The number of carbonyl (C=O) groups is 1. The topological polar surface area (TPSA) is 63.1 Å². The van der Waals surface area contributed by atoms with Crippen molar-refractivity contribution < 1.29 is 4.79 Å². The number of nitrogens with zero attached hydrogens (tertiary/aromatic N) is 4. The lowest BCUT2D eigenvalue weighted by Crippen LogP contribution is -2.40. The summed E-state index contributed by atoms with van der Waals surface area (Å²) in [6.45, 7) is 11.3. The van der Waals surface area contributed by atoms with E-state index < -0.39 is 0 Å². The first-order valence-electron chi connectivity index (χ1n) is 10.0. The Bertz CT molecular complexity index is 542. The third-order valence-electron chi connectivity index (χ3n) is 5.29. The van der Waals surface area contributed by atoms with Gasteiger partial charge in [0.25, 0.3) is 5.91 Å². The van der Waals surface area contributed by atoms with E-state index in [0.717, 1.165) is 70.3 Å². The quantitative estimate of drug-likeness (QED) is 0.657. The molecule has 1 aromatic rings. The zero-order chi connectivity index (χ0) is 18.2. The van der Waals surface area contributed by atoms with Gasteiger partial charge in [-0.05, 0) is 52.6 Å². The first-order valence-corrected chi connectivity index (χ1v) is 10.0. The smallest absolute Gasteiger partial charge is 0.276 e. The number of amides is 1. The normalized spacial score (nSPS) is 16.2. The molecule has 150 valence electrons. The summed E-state index contributed by atoms with van der Waals surface area (Å²) in [7, 11) is 0. The zero-order valence-corrected chi connectivity index (χ0v) is 17.6. The van der Waals surface area contributed by atoms with Crippen LogP contribution in [0.4, 0.5) is 0 Å². The number of piperidine rings is 1. The van der Waals surface area contributed by atoms with Gasteiger partial charge in [0, 0.05) is 12.6 Å². The number of halogens is 1. The zero-order valence-electron chi connectivity index (χ0n) is 16.8. The van der Waals surface area contributed by atoms with E-state index in [0.29, 0.717) is 11.7 Å². The van der Waals surface area contributed by atoms with Gasteiger partial charge in [0.2, 0.25) is 0 Å². The molecule has 0 radical (unpaired) electrons. The minimum Gasteiger partial charge on any atom is -0.334 e. The van der Waals surface area contributed by atoms with Crippen molar-refractivity contribution in [1.82, 2.24) is 25.2 Å². The Morgan fingerprint density at radius 1 is 1.27 bits per heavy atom. The molecule has 1 aliphatic heterocycles. The van der Waals surface area contributed by atoms with E-state index in [1.54, 1.807) is 0 Å². The summed E-state index contributed by atoms with van der Waals surface area (Å²) in [5.41, 5.74) is 1.46. The van der Waals surface area contributed by atoms with Crippen LogP contribution < -0.4 is 5.32 Å². The average Bonchev–Trinajstić information content (AvgIpc) is 3.00. The van der Waals surface area contributed by atoms with E-state index in [4.69, 9.17) is 0 Å². The van der Waals surface area contributed by atoms with Crippen LogP contribution in [0, 0.1) is 6.92 Å². The van der Waals surface area contributed by atoms with E-state index in [2.05, 4.69) is 36.4 Å². The molecule has 0 spiro atoms. The first kappa shape index (κ1) is 22.9. The number of hydrogen-bond acceptors (Lipinski definition) is 4. The van der Waals surface area contributed by atoms with Gasteiger partial charge in [-0.2, -0.15) is 0 Å². The molecule has 7 heteroatoms. The third kappa shape index (κ3) is 5.68. The van der Waals surface area contributed by atoms with Crippen molar-refractivity contribution in [2.24, 2.45) is 0 Å². The van der Waals surface area contributed by atoms with E-state index in [1.165, 1.54) is 0 Å². The van der Waals surface area contributed by atoms with Gasteiger partial charge >= 0.3 is 0 Å². The van der Waals surface area contributed by atoms with Crippen molar-refractivity contribution >= 4 is 18.3 Å². The Morgan fingerprint density at radius 3 is 2.58 bits per heavy atom. The van der Waals surface area contributed by atoms with Crippen LogP contribution in [0.25, 0.3) is 0 Å². The molecule has 1 aromatic heterocycles. The Balaban J connectivity index is 0.00000338. The lowest BCUT2D eigenvalue weighted by molar-refractivity contribution is 0.0672. The van der Waals surface area contributed by atoms with Crippen molar-refractivity contribution in [3.63, 3.8) is 0 Å². The van der Waals surface area contributed by atoms with Gasteiger partial charge in [0.1, 0.15) is 0 Å². The van der Waals surface area contributed by atoms with Crippen molar-refractivity contribution in [1.29, 1.82) is 0 Å². The van der Waals surface area contributed by atoms with Gasteiger partial charge in [0.15, 0.2) is 5.69 Å². The van der Waals surface area contributed by atoms with Gasteiger partial charge in [-0.25, -0.2) is 4.68 Å². The lowest BCUT2D eigenvalue weighted by Gasteiger charge is -2.29.